The Morgan fingerprint density at radius 2 is 1.45 bits per heavy atom. The molecule has 0 radical (unpaired) electrons. The van der Waals surface area contributed by atoms with Gasteiger partial charge in [-0.25, -0.2) is 0 Å². The molecule has 4 nitrogen and oxygen atoms in total. The molecule has 1 heterocycles. The van der Waals surface area contributed by atoms with Crippen LogP contribution >= 0.6 is 12.4 Å². The number of benzene rings is 2. The van der Waals surface area contributed by atoms with Crippen LogP contribution in [0.5, 0.6) is 0 Å². The van der Waals surface area contributed by atoms with Gasteiger partial charge in [-0.2, -0.15) is 8.42 Å². The van der Waals surface area contributed by atoms with E-state index in [4.69, 9.17) is 4.55 Å². The summed E-state index contributed by atoms with van der Waals surface area (Å²) in [6.45, 7) is 0.563. The molecule has 0 atom stereocenters. The third kappa shape index (κ3) is 3.61. The van der Waals surface area contributed by atoms with Crippen molar-refractivity contribution in [2.45, 2.75) is 12.8 Å². The number of rotatable bonds is 4. The summed E-state index contributed by atoms with van der Waals surface area (Å²) in [6, 6.07) is 16.3. The molecule has 0 fully saturated rings. The second-order valence-electron chi connectivity index (χ2n) is 5.23. The molecule has 0 saturated heterocycles. The predicted octanol–water partition coefficient (Wildman–Crippen LogP) is 3.43. The lowest BCUT2D eigenvalue weighted by Crippen LogP contribution is -2.25. The molecule has 1 N–H and O–H groups in total. The van der Waals surface area contributed by atoms with Crippen LogP contribution in [0.15, 0.2) is 48.5 Å². The minimum absolute atomic E-state index is 0. The van der Waals surface area contributed by atoms with Crippen LogP contribution in [0.2, 0.25) is 0 Å². The highest BCUT2D eigenvalue weighted by Crippen LogP contribution is 2.38. The highest BCUT2D eigenvalue weighted by Gasteiger charge is 2.21. The Bertz CT molecular complexity index is 716. The first-order valence-corrected chi connectivity index (χ1v) is 8.54. The van der Waals surface area contributed by atoms with Gasteiger partial charge in [0.05, 0.1) is 5.75 Å². The van der Waals surface area contributed by atoms with E-state index >= 15 is 0 Å². The molecule has 0 amide bonds. The lowest BCUT2D eigenvalue weighted by atomic mass is 9.95. The van der Waals surface area contributed by atoms with Gasteiger partial charge in [0.25, 0.3) is 10.1 Å². The summed E-state index contributed by atoms with van der Waals surface area (Å²) in [4.78, 5) is 2.14. The maximum absolute atomic E-state index is 10.9. The van der Waals surface area contributed by atoms with Gasteiger partial charge in [-0.15, -0.1) is 12.4 Å². The van der Waals surface area contributed by atoms with Crippen molar-refractivity contribution in [2.75, 3.05) is 17.2 Å². The highest BCUT2D eigenvalue weighted by atomic mass is 35.5. The number of halogens is 1. The molecule has 0 saturated carbocycles. The number of nitrogens with zero attached hydrogens (tertiary/aromatic N) is 1. The lowest BCUT2D eigenvalue weighted by molar-refractivity contribution is 0.481. The van der Waals surface area contributed by atoms with Crippen LogP contribution in [0, 0.1) is 0 Å². The fraction of sp³-hybridized carbons (Fsp3) is 0.250. The van der Waals surface area contributed by atoms with Crippen molar-refractivity contribution < 1.29 is 13.0 Å². The smallest absolute Gasteiger partial charge is 0.264 e. The van der Waals surface area contributed by atoms with E-state index in [9.17, 15) is 8.42 Å². The molecule has 1 aliphatic rings. The van der Waals surface area contributed by atoms with E-state index in [-0.39, 0.29) is 18.2 Å². The van der Waals surface area contributed by atoms with Crippen molar-refractivity contribution in [3.05, 3.63) is 59.7 Å². The Balaban J connectivity index is 0.00000176. The van der Waals surface area contributed by atoms with Gasteiger partial charge in [0.15, 0.2) is 0 Å². The van der Waals surface area contributed by atoms with E-state index in [2.05, 4.69) is 29.2 Å². The van der Waals surface area contributed by atoms with E-state index in [1.807, 2.05) is 24.3 Å². The summed E-state index contributed by atoms with van der Waals surface area (Å²) >= 11 is 0. The maximum atomic E-state index is 10.9. The molecule has 1 aliphatic heterocycles. The van der Waals surface area contributed by atoms with Crippen LogP contribution in [-0.2, 0) is 16.5 Å². The summed E-state index contributed by atoms with van der Waals surface area (Å²) in [5.41, 5.74) is 4.71. The number of hydrogen-bond acceptors (Lipinski definition) is 3. The van der Waals surface area contributed by atoms with Gasteiger partial charge >= 0.3 is 0 Å². The molecule has 0 aromatic heterocycles. The number of para-hydroxylation sites is 2. The number of hydrogen-bond donors (Lipinski definition) is 1. The molecule has 0 aliphatic carbocycles. The lowest BCUT2D eigenvalue weighted by Gasteiger charge is -2.33. The van der Waals surface area contributed by atoms with Crippen molar-refractivity contribution in [1.82, 2.24) is 0 Å². The summed E-state index contributed by atoms with van der Waals surface area (Å²) in [5, 5.41) is 0. The summed E-state index contributed by atoms with van der Waals surface area (Å²) in [6.07, 6.45) is 1.28. The molecule has 22 heavy (non-hydrogen) atoms. The molecule has 0 bridgehead atoms. The van der Waals surface area contributed by atoms with Crippen LogP contribution in [0.3, 0.4) is 0 Å². The Labute approximate surface area is 136 Å². The van der Waals surface area contributed by atoms with Crippen LogP contribution in [0.25, 0.3) is 0 Å². The van der Waals surface area contributed by atoms with Crippen molar-refractivity contribution >= 4 is 33.9 Å². The molecular weight excluding hydrogens is 322 g/mol. The molecular formula is C16H18ClNO3S. The second kappa shape index (κ2) is 6.69. The van der Waals surface area contributed by atoms with Crippen LogP contribution in [0.1, 0.15) is 17.5 Å². The van der Waals surface area contributed by atoms with Crippen molar-refractivity contribution in [3.63, 3.8) is 0 Å². The summed E-state index contributed by atoms with van der Waals surface area (Å²) < 4.78 is 30.7. The summed E-state index contributed by atoms with van der Waals surface area (Å²) in [7, 11) is -3.91. The van der Waals surface area contributed by atoms with Crippen LogP contribution in [0.4, 0.5) is 11.4 Å². The van der Waals surface area contributed by atoms with Crippen molar-refractivity contribution in [1.29, 1.82) is 0 Å². The van der Waals surface area contributed by atoms with E-state index in [1.54, 1.807) is 0 Å². The minimum Gasteiger partial charge on any atom is -0.341 e. The molecule has 2 aromatic carbocycles. The molecule has 6 heteroatoms. The second-order valence-corrected chi connectivity index (χ2v) is 6.80. The monoisotopic (exact) mass is 339 g/mol. The Morgan fingerprint density at radius 1 is 0.955 bits per heavy atom. The predicted molar refractivity (Wildman–Crippen MR) is 91.0 cm³/mol. The van der Waals surface area contributed by atoms with Crippen LogP contribution < -0.4 is 4.90 Å². The molecule has 2 aromatic rings. The highest BCUT2D eigenvalue weighted by molar-refractivity contribution is 7.85. The quantitative estimate of drug-likeness (QED) is 0.867. The zero-order chi connectivity index (χ0) is 14.9. The van der Waals surface area contributed by atoms with E-state index in [1.165, 1.54) is 11.1 Å². The van der Waals surface area contributed by atoms with Crippen molar-refractivity contribution in [3.8, 4) is 0 Å². The normalized spacial score (nSPS) is 13.0. The first kappa shape index (κ1) is 16.8. The minimum atomic E-state index is -3.91. The van der Waals surface area contributed by atoms with Gasteiger partial charge < -0.3 is 4.90 Å². The van der Waals surface area contributed by atoms with Gasteiger partial charge in [-0.05, 0) is 29.7 Å². The largest absolute Gasteiger partial charge is 0.341 e. The van der Waals surface area contributed by atoms with Gasteiger partial charge in [-0.1, -0.05) is 36.4 Å². The first-order chi connectivity index (χ1) is 10.0. The maximum Gasteiger partial charge on any atom is 0.264 e. The molecule has 0 unspecified atom stereocenters. The van der Waals surface area contributed by atoms with Gasteiger partial charge in [0.1, 0.15) is 0 Å². The standard InChI is InChI=1S/C16H17NO3S.ClH/c18-21(19,20)11-5-10-17-15-8-3-1-6-13(15)12-14-7-2-4-9-16(14)17;/h1-4,6-9H,5,10-12H2,(H,18,19,20);1H. The summed E-state index contributed by atoms with van der Waals surface area (Å²) in [5.74, 6) is -0.214. The van der Waals surface area contributed by atoms with Crippen molar-refractivity contribution in [2.24, 2.45) is 0 Å². The van der Waals surface area contributed by atoms with Gasteiger partial charge in [0.2, 0.25) is 0 Å². The number of fused-ring (bicyclic) bond motifs is 2. The van der Waals surface area contributed by atoms with Crippen LogP contribution in [-0.4, -0.2) is 25.3 Å². The third-order valence-corrected chi connectivity index (χ3v) is 4.53. The van der Waals surface area contributed by atoms with E-state index < -0.39 is 10.1 Å². The number of anilines is 2. The first-order valence-electron chi connectivity index (χ1n) is 6.93. The van der Waals surface area contributed by atoms with E-state index in [0.717, 1.165) is 17.8 Å². The average Bonchev–Trinajstić information content (AvgIpc) is 2.45. The fourth-order valence-corrected chi connectivity index (χ4v) is 3.32. The molecule has 0 spiro atoms. The SMILES string of the molecule is Cl.O=S(=O)(O)CCCN1c2ccccc2Cc2ccccc21. The topological polar surface area (TPSA) is 57.6 Å². The zero-order valence-electron chi connectivity index (χ0n) is 12.0. The Hall–Kier alpha value is -1.56. The molecule has 3 rings (SSSR count). The third-order valence-electron chi connectivity index (χ3n) is 3.73. The fourth-order valence-electron chi connectivity index (χ4n) is 2.83. The zero-order valence-corrected chi connectivity index (χ0v) is 13.6. The molecule has 118 valence electrons. The Morgan fingerprint density at radius 3 is 1.95 bits per heavy atom. The van der Waals surface area contributed by atoms with Gasteiger partial charge in [-0.3, -0.25) is 4.55 Å². The average molecular weight is 340 g/mol. The Kier molecular flexibility index (Phi) is 5.11. The van der Waals surface area contributed by atoms with Gasteiger partial charge in [0, 0.05) is 24.3 Å². The van der Waals surface area contributed by atoms with E-state index in [0.29, 0.717) is 13.0 Å².